The minimum atomic E-state index is -1.72. The minimum Gasteiger partial charge on any atom is -0.479 e. The normalized spacial score (nSPS) is 51.5. The second-order valence-corrected chi connectivity index (χ2v) is 12.3. The van der Waals surface area contributed by atoms with Crippen LogP contribution in [0.5, 0.6) is 0 Å². The number of aliphatic carboxylic acids is 1. The van der Waals surface area contributed by atoms with Crippen LogP contribution in [0.2, 0.25) is 0 Å². The van der Waals surface area contributed by atoms with Crippen LogP contribution in [0.15, 0.2) is 11.6 Å². The van der Waals surface area contributed by atoms with Gasteiger partial charge in [0.05, 0.1) is 6.10 Å². The summed E-state index contributed by atoms with van der Waals surface area (Å²) in [6, 6.07) is 0. The lowest BCUT2D eigenvalue weighted by Gasteiger charge is -2.58. The Kier molecular flexibility index (Phi) is 6.45. The molecule has 0 amide bonds. The highest BCUT2D eigenvalue weighted by Crippen LogP contribution is 2.66. The number of carboxylic acids is 1. The van der Waals surface area contributed by atoms with Crippen LogP contribution in [0, 0.1) is 34.5 Å². The predicted octanol–water partition coefficient (Wildman–Crippen LogP) is 2.43. The molecule has 3 saturated carbocycles. The zero-order valence-electron chi connectivity index (χ0n) is 20.9. The number of carboxylic acid groups (broad SMARTS) is 1. The number of Topliss-reactive ketones (excluding diaryl/α,β-unsaturated/α-hetero) is 1. The quantitative estimate of drug-likeness (QED) is 0.440. The molecule has 5 rings (SSSR count). The van der Waals surface area contributed by atoms with Gasteiger partial charge in [-0.2, -0.15) is 0 Å². The molecule has 4 N–H and O–H groups in total. The Morgan fingerprint density at radius 1 is 1.00 bits per heavy atom. The van der Waals surface area contributed by atoms with E-state index in [0.29, 0.717) is 30.0 Å². The van der Waals surface area contributed by atoms with Gasteiger partial charge in [-0.3, -0.25) is 4.79 Å². The number of allylic oxidation sites excluding steroid dienone is 1. The van der Waals surface area contributed by atoms with Gasteiger partial charge >= 0.3 is 5.97 Å². The molecule has 196 valence electrons. The third-order valence-electron chi connectivity index (χ3n) is 10.7. The number of hydrogen-bond donors (Lipinski definition) is 4. The molecule has 1 saturated heterocycles. The van der Waals surface area contributed by atoms with E-state index in [1.807, 2.05) is 0 Å². The first kappa shape index (κ1) is 25.3. The molecule has 4 aliphatic carbocycles. The van der Waals surface area contributed by atoms with E-state index >= 15 is 0 Å². The fourth-order valence-corrected chi connectivity index (χ4v) is 8.77. The lowest BCUT2D eigenvalue weighted by Crippen LogP contribution is -2.61. The maximum Gasteiger partial charge on any atom is 0.335 e. The molecule has 0 aromatic heterocycles. The Morgan fingerprint density at radius 2 is 1.74 bits per heavy atom. The first-order chi connectivity index (χ1) is 16.5. The smallest absolute Gasteiger partial charge is 0.335 e. The van der Waals surface area contributed by atoms with Crippen molar-refractivity contribution in [2.24, 2.45) is 34.5 Å². The monoisotopic (exact) mass is 492 g/mol. The Morgan fingerprint density at radius 3 is 2.43 bits per heavy atom. The van der Waals surface area contributed by atoms with E-state index in [-0.39, 0.29) is 22.9 Å². The molecule has 0 spiro atoms. The second kappa shape index (κ2) is 8.91. The number of aliphatic hydroxyl groups excluding tert-OH is 3. The summed E-state index contributed by atoms with van der Waals surface area (Å²) in [6.07, 6.45) is 2.04. The average molecular weight is 493 g/mol. The number of fused-ring (bicyclic) bond motifs is 5. The molecule has 4 fully saturated rings. The maximum absolute atomic E-state index is 12.4. The summed E-state index contributed by atoms with van der Waals surface area (Å²) in [5, 5.41) is 39.7. The molecule has 0 radical (unpaired) electrons. The molecule has 1 heterocycles. The molecular weight excluding hydrogens is 452 g/mol. The van der Waals surface area contributed by atoms with Gasteiger partial charge in [-0.25, -0.2) is 4.79 Å². The largest absolute Gasteiger partial charge is 0.479 e. The van der Waals surface area contributed by atoms with E-state index in [9.17, 15) is 30.0 Å². The lowest BCUT2D eigenvalue weighted by molar-refractivity contribution is -0.306. The number of hydrogen-bond acceptors (Lipinski definition) is 7. The van der Waals surface area contributed by atoms with E-state index in [1.54, 1.807) is 6.92 Å². The molecule has 2 unspecified atom stereocenters. The lowest BCUT2D eigenvalue weighted by atomic mass is 9.47. The van der Waals surface area contributed by atoms with Gasteiger partial charge in [0.2, 0.25) is 0 Å². The summed E-state index contributed by atoms with van der Waals surface area (Å²) in [5.41, 5.74) is 1.56. The highest BCUT2D eigenvalue weighted by atomic mass is 16.7. The maximum atomic E-state index is 12.4. The summed E-state index contributed by atoms with van der Waals surface area (Å²) < 4.78 is 11.4. The van der Waals surface area contributed by atoms with E-state index in [4.69, 9.17) is 9.47 Å². The molecule has 0 aromatic rings. The summed E-state index contributed by atoms with van der Waals surface area (Å²) in [4.78, 5) is 23.8. The summed E-state index contributed by atoms with van der Waals surface area (Å²) in [5.74, 6) is 0.904. The van der Waals surface area contributed by atoms with Crippen molar-refractivity contribution in [1.29, 1.82) is 0 Å². The minimum absolute atomic E-state index is 0.0732. The zero-order chi connectivity index (χ0) is 25.3. The first-order valence-corrected chi connectivity index (χ1v) is 13.2. The van der Waals surface area contributed by atoms with Crippen molar-refractivity contribution in [3.63, 3.8) is 0 Å². The third kappa shape index (κ3) is 3.91. The van der Waals surface area contributed by atoms with Gasteiger partial charge in [-0.15, -0.1) is 0 Å². The number of ketones is 1. The Balaban J connectivity index is 1.30. The topological polar surface area (TPSA) is 134 Å². The van der Waals surface area contributed by atoms with E-state index < -0.39 is 36.7 Å². The number of carbonyl (C=O) groups excluding carboxylic acids is 1. The van der Waals surface area contributed by atoms with Crippen molar-refractivity contribution in [3.8, 4) is 0 Å². The van der Waals surface area contributed by atoms with Crippen LogP contribution in [0.4, 0.5) is 0 Å². The number of ether oxygens (including phenoxy) is 2. The van der Waals surface area contributed by atoms with Crippen molar-refractivity contribution in [2.75, 3.05) is 0 Å². The number of rotatable bonds is 4. The molecule has 1 aliphatic heterocycles. The van der Waals surface area contributed by atoms with Crippen molar-refractivity contribution in [2.45, 2.75) is 109 Å². The van der Waals surface area contributed by atoms with Crippen LogP contribution < -0.4 is 0 Å². The Hall–Kier alpha value is -1.32. The van der Waals surface area contributed by atoms with Gasteiger partial charge in [-0.1, -0.05) is 25.5 Å². The first-order valence-electron chi connectivity index (χ1n) is 13.2. The summed E-state index contributed by atoms with van der Waals surface area (Å²) >= 11 is 0. The standard InChI is InChI=1S/C27H40O8/c1-13(28)17-6-7-18-16-5-4-14-12-15(8-10-26(14,2)19(16)9-11-27(17,18)3)34-25-22(31)20(29)21(30)23(35-25)24(32)33/h4,15-23,25,29-31H,5-12H2,1-3H3,(H,32,33)/t15?,16-,17+,18-,19-,20-,21-,22+,23-,25?,26-,27+/m0/s1. The Bertz CT molecular complexity index is 902. The fraction of sp³-hybridized carbons (Fsp3) is 0.852. The van der Waals surface area contributed by atoms with Crippen LogP contribution in [0.1, 0.15) is 72.1 Å². The van der Waals surface area contributed by atoms with Crippen LogP contribution >= 0.6 is 0 Å². The van der Waals surface area contributed by atoms with Crippen LogP contribution in [0.3, 0.4) is 0 Å². The number of carbonyl (C=O) groups is 2. The van der Waals surface area contributed by atoms with Gasteiger partial charge in [0.1, 0.15) is 24.1 Å². The van der Waals surface area contributed by atoms with Crippen LogP contribution in [-0.4, -0.2) is 69.0 Å². The molecular formula is C27H40O8. The predicted molar refractivity (Wildman–Crippen MR) is 125 cm³/mol. The zero-order valence-corrected chi connectivity index (χ0v) is 20.9. The van der Waals surface area contributed by atoms with Crippen molar-refractivity contribution >= 4 is 11.8 Å². The van der Waals surface area contributed by atoms with E-state index in [2.05, 4.69) is 19.9 Å². The van der Waals surface area contributed by atoms with Crippen molar-refractivity contribution < 1.29 is 39.5 Å². The summed E-state index contributed by atoms with van der Waals surface area (Å²) in [6.45, 7) is 6.49. The number of aliphatic hydroxyl groups is 3. The van der Waals surface area contributed by atoms with Gasteiger partial charge in [-0.05, 0) is 86.9 Å². The highest BCUT2D eigenvalue weighted by molar-refractivity contribution is 5.79. The van der Waals surface area contributed by atoms with Crippen LogP contribution in [0.25, 0.3) is 0 Å². The van der Waals surface area contributed by atoms with Crippen molar-refractivity contribution in [3.05, 3.63) is 11.6 Å². The molecule has 8 nitrogen and oxygen atoms in total. The molecule has 8 heteroatoms. The van der Waals surface area contributed by atoms with Gasteiger partial charge in [0.25, 0.3) is 0 Å². The Labute approximate surface area is 206 Å². The van der Waals surface area contributed by atoms with E-state index in [0.717, 1.165) is 44.9 Å². The molecule has 0 aromatic carbocycles. The second-order valence-electron chi connectivity index (χ2n) is 12.3. The van der Waals surface area contributed by atoms with Crippen LogP contribution in [-0.2, 0) is 19.1 Å². The van der Waals surface area contributed by atoms with E-state index in [1.165, 1.54) is 5.57 Å². The van der Waals surface area contributed by atoms with Gasteiger partial charge in [0.15, 0.2) is 12.4 Å². The van der Waals surface area contributed by atoms with Crippen molar-refractivity contribution in [1.82, 2.24) is 0 Å². The third-order valence-corrected chi connectivity index (χ3v) is 10.7. The molecule has 12 atom stereocenters. The molecule has 35 heavy (non-hydrogen) atoms. The SMILES string of the molecule is CC(=O)[C@H]1CC[C@H]2[C@@H]3CC=C4CC(OC5O[C@H](C(=O)O)[C@@H](O)[C@H](O)[C@H]5O)CC[C@]4(C)[C@H]3CC[C@]12C. The van der Waals surface area contributed by atoms with Gasteiger partial charge < -0.3 is 29.9 Å². The highest BCUT2D eigenvalue weighted by Gasteiger charge is 2.59. The molecule has 0 bridgehead atoms. The fourth-order valence-electron chi connectivity index (χ4n) is 8.77. The molecule has 5 aliphatic rings. The summed E-state index contributed by atoms with van der Waals surface area (Å²) in [7, 11) is 0. The van der Waals surface area contributed by atoms with Gasteiger partial charge in [0, 0.05) is 5.92 Å². The average Bonchev–Trinajstić information content (AvgIpc) is 3.17.